The monoisotopic (exact) mass is 263 g/mol. The van der Waals surface area contributed by atoms with E-state index in [4.69, 9.17) is 4.74 Å². The molecule has 0 amide bonds. The maximum Gasteiger partial charge on any atom is 0.0589 e. The molecule has 1 aliphatic rings. The molecular weight excluding hydrogens is 238 g/mol. The SMILES string of the molecule is CCCNc1ccnc(CN(CCOC)C2CC2)c1. The van der Waals surface area contributed by atoms with E-state index in [1.54, 1.807) is 7.11 Å². The van der Waals surface area contributed by atoms with Gasteiger partial charge in [-0.25, -0.2) is 0 Å². The van der Waals surface area contributed by atoms with Crippen molar-refractivity contribution < 1.29 is 4.74 Å². The average molecular weight is 263 g/mol. The highest BCUT2D eigenvalue weighted by Crippen LogP contribution is 2.28. The van der Waals surface area contributed by atoms with Crippen molar-refractivity contribution in [2.75, 3.05) is 32.1 Å². The van der Waals surface area contributed by atoms with Gasteiger partial charge in [0.2, 0.25) is 0 Å². The van der Waals surface area contributed by atoms with Gasteiger partial charge in [0.1, 0.15) is 0 Å². The highest BCUT2D eigenvalue weighted by atomic mass is 16.5. The lowest BCUT2D eigenvalue weighted by atomic mass is 10.3. The minimum absolute atomic E-state index is 0.740. The van der Waals surface area contributed by atoms with E-state index in [0.717, 1.165) is 44.4 Å². The van der Waals surface area contributed by atoms with E-state index >= 15 is 0 Å². The molecule has 4 nitrogen and oxygen atoms in total. The van der Waals surface area contributed by atoms with E-state index in [1.165, 1.54) is 18.5 Å². The zero-order valence-electron chi connectivity index (χ0n) is 12.1. The first-order chi connectivity index (χ1) is 9.33. The molecule has 106 valence electrons. The average Bonchev–Trinajstić information content (AvgIpc) is 3.26. The molecule has 1 aromatic rings. The number of hydrogen-bond acceptors (Lipinski definition) is 4. The molecule has 0 bridgehead atoms. The second-order valence-corrected chi connectivity index (χ2v) is 5.16. The van der Waals surface area contributed by atoms with Crippen molar-refractivity contribution in [3.8, 4) is 0 Å². The van der Waals surface area contributed by atoms with Gasteiger partial charge in [0.05, 0.1) is 12.3 Å². The molecule has 1 fully saturated rings. The summed E-state index contributed by atoms with van der Waals surface area (Å²) in [5, 5.41) is 3.41. The Balaban J connectivity index is 1.92. The summed E-state index contributed by atoms with van der Waals surface area (Å²) < 4.78 is 5.19. The van der Waals surface area contributed by atoms with Gasteiger partial charge in [-0.1, -0.05) is 6.92 Å². The van der Waals surface area contributed by atoms with Crippen LogP contribution in [-0.2, 0) is 11.3 Å². The Kier molecular flexibility index (Phi) is 5.61. The number of anilines is 1. The van der Waals surface area contributed by atoms with Gasteiger partial charge < -0.3 is 10.1 Å². The van der Waals surface area contributed by atoms with Crippen molar-refractivity contribution >= 4 is 5.69 Å². The van der Waals surface area contributed by atoms with Crippen LogP contribution in [0.25, 0.3) is 0 Å². The van der Waals surface area contributed by atoms with E-state index < -0.39 is 0 Å². The summed E-state index contributed by atoms with van der Waals surface area (Å²) in [5.74, 6) is 0. The molecule has 19 heavy (non-hydrogen) atoms. The number of rotatable bonds is 9. The van der Waals surface area contributed by atoms with Crippen molar-refractivity contribution in [2.45, 2.75) is 38.8 Å². The van der Waals surface area contributed by atoms with Gasteiger partial charge in [-0.05, 0) is 31.4 Å². The molecule has 1 aliphatic carbocycles. The summed E-state index contributed by atoms with van der Waals surface area (Å²) in [6.45, 7) is 5.91. The lowest BCUT2D eigenvalue weighted by Crippen LogP contribution is -2.29. The Bertz CT molecular complexity index is 379. The number of hydrogen-bond donors (Lipinski definition) is 1. The summed E-state index contributed by atoms with van der Waals surface area (Å²) in [7, 11) is 1.76. The summed E-state index contributed by atoms with van der Waals surface area (Å²) >= 11 is 0. The molecule has 0 unspecified atom stereocenters. The molecule has 0 radical (unpaired) electrons. The normalized spacial score (nSPS) is 14.9. The molecule has 1 aromatic heterocycles. The number of nitrogens with zero attached hydrogens (tertiary/aromatic N) is 2. The van der Waals surface area contributed by atoms with Crippen LogP contribution < -0.4 is 5.32 Å². The van der Waals surface area contributed by atoms with Gasteiger partial charge in [-0.3, -0.25) is 9.88 Å². The number of ether oxygens (including phenoxy) is 1. The molecule has 1 saturated carbocycles. The topological polar surface area (TPSA) is 37.4 Å². The first-order valence-electron chi connectivity index (χ1n) is 7.25. The zero-order chi connectivity index (χ0) is 13.5. The largest absolute Gasteiger partial charge is 0.385 e. The standard InChI is InChI=1S/C15H25N3O/c1-3-7-16-13-6-8-17-14(11-13)12-18(9-10-19-2)15-4-5-15/h6,8,11,15H,3-5,7,9-10,12H2,1-2H3,(H,16,17). The molecule has 0 spiro atoms. The van der Waals surface area contributed by atoms with Crippen LogP contribution in [0.3, 0.4) is 0 Å². The summed E-state index contributed by atoms with van der Waals surface area (Å²) in [6.07, 6.45) is 5.67. The molecular formula is C15H25N3O. The van der Waals surface area contributed by atoms with Gasteiger partial charge in [-0.2, -0.15) is 0 Å². The number of pyridine rings is 1. The predicted octanol–water partition coefficient (Wildman–Crippen LogP) is 2.51. The van der Waals surface area contributed by atoms with Gasteiger partial charge in [0.25, 0.3) is 0 Å². The molecule has 4 heteroatoms. The molecule has 0 saturated heterocycles. The lowest BCUT2D eigenvalue weighted by molar-refractivity contribution is 0.139. The highest BCUT2D eigenvalue weighted by Gasteiger charge is 2.28. The molecule has 0 aromatic carbocycles. The lowest BCUT2D eigenvalue weighted by Gasteiger charge is -2.21. The van der Waals surface area contributed by atoms with E-state index in [9.17, 15) is 0 Å². The van der Waals surface area contributed by atoms with Crippen LogP contribution in [0.5, 0.6) is 0 Å². The second kappa shape index (κ2) is 7.46. The maximum absolute atomic E-state index is 5.19. The Labute approximate surface area is 116 Å². The molecule has 0 aliphatic heterocycles. The van der Waals surface area contributed by atoms with Crippen molar-refractivity contribution in [3.05, 3.63) is 24.0 Å². The van der Waals surface area contributed by atoms with Gasteiger partial charge in [0.15, 0.2) is 0 Å². The van der Waals surface area contributed by atoms with Crippen molar-refractivity contribution in [1.29, 1.82) is 0 Å². The summed E-state index contributed by atoms with van der Waals surface area (Å²) in [5.41, 5.74) is 2.32. The Morgan fingerprint density at radius 3 is 3.00 bits per heavy atom. The van der Waals surface area contributed by atoms with Crippen molar-refractivity contribution in [2.24, 2.45) is 0 Å². The van der Waals surface area contributed by atoms with Crippen LogP contribution >= 0.6 is 0 Å². The number of aromatic nitrogens is 1. The van der Waals surface area contributed by atoms with Crippen LogP contribution in [0.2, 0.25) is 0 Å². The third-order valence-electron chi connectivity index (χ3n) is 3.41. The van der Waals surface area contributed by atoms with Gasteiger partial charge >= 0.3 is 0 Å². The van der Waals surface area contributed by atoms with Crippen LogP contribution in [0.4, 0.5) is 5.69 Å². The predicted molar refractivity (Wildman–Crippen MR) is 78.3 cm³/mol. The Morgan fingerprint density at radius 1 is 1.47 bits per heavy atom. The molecule has 1 heterocycles. The van der Waals surface area contributed by atoms with Crippen LogP contribution in [0.15, 0.2) is 18.3 Å². The first-order valence-corrected chi connectivity index (χ1v) is 7.25. The van der Waals surface area contributed by atoms with Crippen LogP contribution in [-0.4, -0.2) is 42.7 Å². The number of nitrogens with one attached hydrogen (secondary N) is 1. The third kappa shape index (κ3) is 4.80. The Hall–Kier alpha value is -1.13. The van der Waals surface area contributed by atoms with E-state index in [1.807, 2.05) is 12.3 Å². The third-order valence-corrected chi connectivity index (χ3v) is 3.41. The molecule has 2 rings (SSSR count). The Morgan fingerprint density at radius 2 is 2.32 bits per heavy atom. The molecule has 1 N–H and O–H groups in total. The fraction of sp³-hybridized carbons (Fsp3) is 0.667. The maximum atomic E-state index is 5.19. The van der Waals surface area contributed by atoms with E-state index in [2.05, 4.69) is 28.2 Å². The van der Waals surface area contributed by atoms with E-state index in [-0.39, 0.29) is 0 Å². The van der Waals surface area contributed by atoms with Gasteiger partial charge in [0, 0.05) is 44.7 Å². The minimum Gasteiger partial charge on any atom is -0.385 e. The van der Waals surface area contributed by atoms with Crippen LogP contribution in [0, 0.1) is 0 Å². The first kappa shape index (κ1) is 14.3. The van der Waals surface area contributed by atoms with E-state index in [0.29, 0.717) is 0 Å². The highest BCUT2D eigenvalue weighted by molar-refractivity contribution is 5.43. The van der Waals surface area contributed by atoms with Crippen molar-refractivity contribution in [1.82, 2.24) is 9.88 Å². The minimum atomic E-state index is 0.740. The summed E-state index contributed by atoms with van der Waals surface area (Å²) in [4.78, 5) is 6.96. The number of methoxy groups -OCH3 is 1. The fourth-order valence-electron chi connectivity index (χ4n) is 2.19. The molecule has 0 atom stereocenters. The fourth-order valence-corrected chi connectivity index (χ4v) is 2.19. The quantitative estimate of drug-likeness (QED) is 0.743. The smallest absolute Gasteiger partial charge is 0.0589 e. The van der Waals surface area contributed by atoms with Crippen LogP contribution in [0.1, 0.15) is 31.9 Å². The van der Waals surface area contributed by atoms with Crippen molar-refractivity contribution in [3.63, 3.8) is 0 Å². The second-order valence-electron chi connectivity index (χ2n) is 5.16. The zero-order valence-corrected chi connectivity index (χ0v) is 12.1. The van der Waals surface area contributed by atoms with Gasteiger partial charge in [-0.15, -0.1) is 0 Å². The summed E-state index contributed by atoms with van der Waals surface area (Å²) in [6, 6.07) is 4.94.